The number of halogens is 3. The molecule has 1 rings (SSSR count). The molecule has 0 radical (unpaired) electrons. The maximum absolute atomic E-state index is 13.8. The van der Waals surface area contributed by atoms with E-state index in [1.807, 2.05) is 4.90 Å². The Morgan fingerprint density at radius 1 is 1.41 bits per heavy atom. The van der Waals surface area contributed by atoms with Crippen molar-refractivity contribution in [3.8, 4) is 0 Å². The van der Waals surface area contributed by atoms with E-state index in [9.17, 15) is 18.7 Å². The molecule has 0 unspecified atom stereocenters. The number of nitrogens with two attached hydrogens (primary N) is 1. The summed E-state index contributed by atoms with van der Waals surface area (Å²) < 4.78 is 32.8. The van der Waals surface area contributed by atoms with E-state index in [1.165, 1.54) is 0 Å². The first-order valence-corrected chi connectivity index (χ1v) is 7.16. The highest BCUT2D eigenvalue weighted by Crippen LogP contribution is 2.23. The topological polar surface area (TPSA) is 87.8 Å². The average molecular weight is 346 g/mol. The van der Waals surface area contributed by atoms with Crippen molar-refractivity contribution in [3.63, 3.8) is 0 Å². The molecule has 0 spiro atoms. The van der Waals surface area contributed by atoms with Crippen LogP contribution in [0.5, 0.6) is 0 Å². The molecule has 0 bridgehead atoms. The van der Waals surface area contributed by atoms with Crippen molar-refractivity contribution in [1.29, 1.82) is 0 Å². The maximum atomic E-state index is 13.8. The third kappa shape index (κ3) is 5.92. The van der Waals surface area contributed by atoms with Gasteiger partial charge in [0.15, 0.2) is 0 Å². The van der Waals surface area contributed by atoms with Crippen molar-refractivity contribution >= 4 is 18.3 Å². The predicted molar refractivity (Wildman–Crippen MR) is 81.3 cm³/mol. The monoisotopic (exact) mass is 345 g/mol. The van der Waals surface area contributed by atoms with Crippen molar-refractivity contribution in [2.24, 2.45) is 11.7 Å². The molecule has 0 aromatic heterocycles. The van der Waals surface area contributed by atoms with Gasteiger partial charge in [-0.05, 0) is 5.92 Å². The lowest BCUT2D eigenvalue weighted by atomic mass is 9.95. The zero-order valence-electron chi connectivity index (χ0n) is 12.9. The Kier molecular flexibility index (Phi) is 9.33. The van der Waals surface area contributed by atoms with Crippen LogP contribution in [0.25, 0.3) is 0 Å². The van der Waals surface area contributed by atoms with Crippen LogP contribution in [0.3, 0.4) is 0 Å². The summed E-state index contributed by atoms with van der Waals surface area (Å²) in [4.78, 5) is 13.6. The second kappa shape index (κ2) is 9.57. The van der Waals surface area contributed by atoms with E-state index in [0.717, 1.165) is 0 Å². The summed E-state index contributed by atoms with van der Waals surface area (Å²) in [6.07, 6.45) is -2.19. The first-order valence-electron chi connectivity index (χ1n) is 7.16. The van der Waals surface area contributed by atoms with Gasteiger partial charge in [-0.25, -0.2) is 0 Å². The first-order chi connectivity index (χ1) is 9.76. The van der Waals surface area contributed by atoms with Crippen LogP contribution in [0.4, 0.5) is 8.78 Å². The lowest BCUT2D eigenvalue weighted by Crippen LogP contribution is -2.57. The molecule has 1 amide bonds. The van der Waals surface area contributed by atoms with Gasteiger partial charge in [-0.15, -0.1) is 12.4 Å². The van der Waals surface area contributed by atoms with Crippen LogP contribution in [-0.2, 0) is 9.53 Å². The molecule has 0 aromatic rings. The van der Waals surface area contributed by atoms with Crippen LogP contribution in [-0.4, -0.2) is 73.4 Å². The molecule has 0 aliphatic carbocycles. The Morgan fingerprint density at radius 3 is 2.45 bits per heavy atom. The molecular formula is C13H26ClF2N3O3. The highest BCUT2D eigenvalue weighted by Gasteiger charge is 2.49. The van der Waals surface area contributed by atoms with Gasteiger partial charge < -0.3 is 20.9 Å². The number of ether oxygens (including phenoxy) is 1. The molecule has 4 N–H and O–H groups in total. The van der Waals surface area contributed by atoms with Crippen molar-refractivity contribution in [2.45, 2.75) is 31.9 Å². The van der Waals surface area contributed by atoms with Gasteiger partial charge >= 0.3 is 5.92 Å². The minimum Gasteiger partial charge on any atom is -0.385 e. The number of hydrogen-bond donors (Lipinski definition) is 3. The van der Waals surface area contributed by atoms with Gasteiger partial charge in [0.1, 0.15) is 6.10 Å². The van der Waals surface area contributed by atoms with E-state index in [0.29, 0.717) is 32.8 Å². The van der Waals surface area contributed by atoms with Gasteiger partial charge in [-0.3, -0.25) is 9.69 Å². The molecule has 1 aliphatic heterocycles. The number of hydrogen-bond acceptors (Lipinski definition) is 5. The highest BCUT2D eigenvalue weighted by atomic mass is 35.5. The van der Waals surface area contributed by atoms with Crippen LogP contribution in [0, 0.1) is 5.92 Å². The minimum atomic E-state index is -3.89. The highest BCUT2D eigenvalue weighted by molar-refractivity contribution is 5.85. The summed E-state index contributed by atoms with van der Waals surface area (Å²) in [6.45, 7) is 6.43. The van der Waals surface area contributed by atoms with Gasteiger partial charge in [0, 0.05) is 32.2 Å². The third-order valence-corrected chi connectivity index (χ3v) is 3.63. The fourth-order valence-electron chi connectivity index (χ4n) is 2.01. The number of carbonyl (C=O) groups excluding carboxylic acids is 1. The van der Waals surface area contributed by atoms with Crippen molar-refractivity contribution in [1.82, 2.24) is 10.2 Å². The van der Waals surface area contributed by atoms with Crippen molar-refractivity contribution in [2.75, 3.05) is 39.4 Å². The predicted octanol–water partition coefficient (Wildman–Crippen LogP) is -0.164. The second-order valence-corrected chi connectivity index (χ2v) is 5.60. The fourth-order valence-corrected chi connectivity index (χ4v) is 2.01. The number of rotatable bonds is 7. The normalized spacial score (nSPS) is 19.4. The zero-order valence-corrected chi connectivity index (χ0v) is 13.7. The molecule has 6 nitrogen and oxygen atoms in total. The molecule has 1 fully saturated rings. The van der Waals surface area contributed by atoms with E-state index in [1.54, 1.807) is 13.8 Å². The summed E-state index contributed by atoms with van der Waals surface area (Å²) in [6, 6.07) is -1.16. The molecular weight excluding hydrogens is 320 g/mol. The molecule has 22 heavy (non-hydrogen) atoms. The van der Waals surface area contributed by atoms with Gasteiger partial charge in [0.2, 0.25) is 0 Å². The number of aliphatic hydroxyl groups excluding tert-OH is 1. The van der Waals surface area contributed by atoms with Gasteiger partial charge in [0.05, 0.1) is 13.2 Å². The van der Waals surface area contributed by atoms with E-state index >= 15 is 0 Å². The Balaban J connectivity index is 0.00000441. The summed E-state index contributed by atoms with van der Waals surface area (Å²) in [5, 5.41) is 11.7. The molecule has 1 saturated heterocycles. The summed E-state index contributed by atoms with van der Waals surface area (Å²) in [7, 11) is 0. The minimum absolute atomic E-state index is 0. The van der Waals surface area contributed by atoms with Crippen LogP contribution in [0.1, 0.15) is 13.8 Å². The number of alkyl halides is 2. The number of morpholine rings is 1. The van der Waals surface area contributed by atoms with Crippen LogP contribution in [0.15, 0.2) is 0 Å². The summed E-state index contributed by atoms with van der Waals surface area (Å²) >= 11 is 0. The number of nitrogens with zero attached hydrogens (tertiary/aromatic N) is 1. The van der Waals surface area contributed by atoms with Crippen molar-refractivity contribution in [3.05, 3.63) is 0 Å². The van der Waals surface area contributed by atoms with Crippen LogP contribution >= 0.6 is 12.4 Å². The molecule has 132 valence electrons. The second-order valence-electron chi connectivity index (χ2n) is 5.60. The molecule has 1 aliphatic rings. The largest absolute Gasteiger partial charge is 0.385 e. The molecule has 0 saturated carbocycles. The Morgan fingerprint density at radius 2 is 1.95 bits per heavy atom. The number of carbonyl (C=O) groups is 1. The van der Waals surface area contributed by atoms with Crippen molar-refractivity contribution < 1.29 is 23.4 Å². The summed E-state index contributed by atoms with van der Waals surface area (Å²) in [5.41, 5.74) is 5.50. The van der Waals surface area contributed by atoms with E-state index in [4.69, 9.17) is 10.5 Å². The smallest absolute Gasteiger partial charge is 0.351 e. The third-order valence-electron chi connectivity index (χ3n) is 3.63. The van der Waals surface area contributed by atoms with E-state index in [-0.39, 0.29) is 24.9 Å². The lowest BCUT2D eigenvalue weighted by Gasteiger charge is -2.29. The first kappa shape index (κ1) is 21.5. The number of nitrogens with one attached hydrogen (secondary N) is 1. The molecule has 1 heterocycles. The standard InChI is InChI=1S/C13H25F2N3O3.ClH/c1-9(2)10(16)11(19)13(14,15)12(20)17-3-4-18-5-7-21-8-6-18;/h9-11,19H,3-8,16H2,1-2H3,(H,17,20);1H/t10-,11+;/m0./s1. The average Bonchev–Trinajstić information content (AvgIpc) is 2.46. The van der Waals surface area contributed by atoms with E-state index in [2.05, 4.69) is 5.32 Å². The Bertz CT molecular complexity index is 342. The van der Waals surface area contributed by atoms with Crippen LogP contribution in [0.2, 0.25) is 0 Å². The Labute approximate surface area is 135 Å². The molecule has 9 heteroatoms. The van der Waals surface area contributed by atoms with E-state index < -0.39 is 24.0 Å². The number of aliphatic hydroxyl groups is 1. The van der Waals surface area contributed by atoms with Gasteiger partial charge in [-0.1, -0.05) is 13.8 Å². The zero-order chi connectivity index (χ0) is 16.0. The Hall–Kier alpha value is -0.540. The lowest BCUT2D eigenvalue weighted by molar-refractivity contribution is -0.167. The maximum Gasteiger partial charge on any atom is 0.351 e. The van der Waals surface area contributed by atoms with Gasteiger partial charge in [0.25, 0.3) is 5.91 Å². The summed E-state index contributed by atoms with van der Waals surface area (Å²) in [5.74, 6) is -5.74. The molecule has 2 atom stereocenters. The quantitative estimate of drug-likeness (QED) is 0.596. The van der Waals surface area contributed by atoms with Gasteiger partial charge in [-0.2, -0.15) is 8.78 Å². The number of amides is 1. The SMILES string of the molecule is CC(C)[C@H](N)[C@@H](O)C(F)(F)C(=O)NCCN1CCOCC1.Cl. The van der Waals surface area contributed by atoms with Crippen LogP contribution < -0.4 is 11.1 Å². The fraction of sp³-hybridized carbons (Fsp3) is 0.923. The molecule has 0 aromatic carbocycles.